The van der Waals surface area contributed by atoms with Gasteiger partial charge in [0.25, 0.3) is 0 Å². The predicted molar refractivity (Wildman–Crippen MR) is 39.5 cm³/mol. The molecule has 0 spiro atoms. The Balaban J connectivity index is 2.35. The fourth-order valence-electron chi connectivity index (χ4n) is 1.14. The van der Waals surface area contributed by atoms with Gasteiger partial charge in [-0.2, -0.15) is 0 Å². The van der Waals surface area contributed by atoms with Gasteiger partial charge >= 0.3 is 0 Å². The molecule has 0 N–H and O–H groups in total. The molecular weight excluding hydrogens is 128 g/mol. The summed E-state index contributed by atoms with van der Waals surface area (Å²) >= 11 is 0. The summed E-state index contributed by atoms with van der Waals surface area (Å²) in [5.41, 5.74) is 0. The first-order valence-corrected chi connectivity index (χ1v) is 3.67. The number of nitrogens with zero attached hydrogens (tertiary/aromatic N) is 2. The Morgan fingerprint density at radius 2 is 2.10 bits per heavy atom. The summed E-state index contributed by atoms with van der Waals surface area (Å²) < 4.78 is 0. The molecule has 1 fully saturated rings. The average molecular weight is 142 g/mol. The van der Waals surface area contributed by atoms with Gasteiger partial charge in [0.05, 0.1) is 6.67 Å². The molecule has 1 rings (SSSR count). The maximum Gasteiger partial charge on any atom is 0.210 e. The van der Waals surface area contributed by atoms with Crippen molar-refractivity contribution >= 4 is 6.41 Å². The van der Waals surface area contributed by atoms with Crippen molar-refractivity contribution in [1.82, 2.24) is 9.80 Å². The molecule has 0 radical (unpaired) electrons. The van der Waals surface area contributed by atoms with E-state index < -0.39 is 0 Å². The first kappa shape index (κ1) is 7.54. The van der Waals surface area contributed by atoms with E-state index in [-0.39, 0.29) is 0 Å². The Hall–Kier alpha value is -0.570. The minimum atomic E-state index is 0.560. The van der Waals surface area contributed by atoms with Gasteiger partial charge in [-0.1, -0.05) is 0 Å². The topological polar surface area (TPSA) is 23.6 Å². The molecule has 1 saturated heterocycles. The van der Waals surface area contributed by atoms with Crippen molar-refractivity contribution in [3.63, 3.8) is 0 Å². The molecule has 0 atom stereocenters. The molecule has 0 aromatic heterocycles. The monoisotopic (exact) mass is 142 g/mol. The Morgan fingerprint density at radius 3 is 2.40 bits per heavy atom. The van der Waals surface area contributed by atoms with E-state index in [4.69, 9.17) is 0 Å². The maximum absolute atomic E-state index is 10.3. The zero-order chi connectivity index (χ0) is 7.56. The highest BCUT2D eigenvalue weighted by Crippen LogP contribution is 2.05. The molecule has 1 heterocycles. The van der Waals surface area contributed by atoms with Crippen LogP contribution in [0.15, 0.2) is 0 Å². The Bertz CT molecular complexity index is 125. The first-order valence-electron chi connectivity index (χ1n) is 3.67. The first-order chi connectivity index (χ1) is 4.74. The lowest BCUT2D eigenvalue weighted by Gasteiger charge is -2.18. The van der Waals surface area contributed by atoms with E-state index >= 15 is 0 Å². The second-order valence-electron chi connectivity index (χ2n) is 2.97. The highest BCUT2D eigenvalue weighted by molar-refractivity contribution is 5.47. The molecule has 1 amide bonds. The van der Waals surface area contributed by atoms with Crippen molar-refractivity contribution in [1.29, 1.82) is 0 Å². The molecule has 0 aromatic carbocycles. The van der Waals surface area contributed by atoms with Gasteiger partial charge in [0, 0.05) is 19.1 Å². The van der Waals surface area contributed by atoms with Gasteiger partial charge in [0.2, 0.25) is 6.41 Å². The summed E-state index contributed by atoms with van der Waals surface area (Å²) in [5.74, 6) is 0. The minimum Gasteiger partial charge on any atom is -0.331 e. The van der Waals surface area contributed by atoms with Crippen LogP contribution in [0.1, 0.15) is 13.8 Å². The van der Waals surface area contributed by atoms with Crippen LogP contribution < -0.4 is 0 Å². The lowest BCUT2D eigenvalue weighted by Crippen LogP contribution is -2.30. The highest BCUT2D eigenvalue weighted by atomic mass is 16.1. The third-order valence-electron chi connectivity index (χ3n) is 1.92. The third-order valence-corrected chi connectivity index (χ3v) is 1.92. The van der Waals surface area contributed by atoms with Crippen molar-refractivity contribution in [3.8, 4) is 0 Å². The van der Waals surface area contributed by atoms with Gasteiger partial charge in [0.1, 0.15) is 0 Å². The highest BCUT2D eigenvalue weighted by Gasteiger charge is 2.19. The zero-order valence-corrected chi connectivity index (χ0v) is 6.58. The van der Waals surface area contributed by atoms with Gasteiger partial charge in [-0.15, -0.1) is 0 Å². The normalized spacial score (nSPS) is 20.5. The third kappa shape index (κ3) is 1.48. The van der Waals surface area contributed by atoms with E-state index in [0.29, 0.717) is 6.04 Å². The molecule has 1 aliphatic rings. The zero-order valence-electron chi connectivity index (χ0n) is 6.58. The maximum atomic E-state index is 10.3. The van der Waals surface area contributed by atoms with Crippen molar-refractivity contribution in [2.75, 3.05) is 19.8 Å². The molecule has 0 unspecified atom stereocenters. The fraction of sp³-hybridized carbons (Fsp3) is 0.857. The Morgan fingerprint density at radius 1 is 1.40 bits per heavy atom. The summed E-state index contributed by atoms with van der Waals surface area (Å²) in [6, 6.07) is 0.560. The summed E-state index contributed by atoms with van der Waals surface area (Å²) in [6.45, 7) is 7.02. The van der Waals surface area contributed by atoms with Gasteiger partial charge in [-0.3, -0.25) is 9.69 Å². The second kappa shape index (κ2) is 3.01. The number of hydrogen-bond donors (Lipinski definition) is 0. The molecular formula is C7H14N2O. The van der Waals surface area contributed by atoms with Crippen molar-refractivity contribution in [3.05, 3.63) is 0 Å². The number of rotatable bonds is 2. The van der Waals surface area contributed by atoms with E-state index in [0.717, 1.165) is 26.2 Å². The molecule has 3 heteroatoms. The second-order valence-corrected chi connectivity index (χ2v) is 2.97. The number of amides is 1. The van der Waals surface area contributed by atoms with Gasteiger partial charge in [-0.05, 0) is 13.8 Å². The molecule has 0 bridgehead atoms. The van der Waals surface area contributed by atoms with E-state index in [9.17, 15) is 4.79 Å². The standard InChI is InChI=1S/C7H14N2O/c1-7(2)9-4-3-8(5-9)6-10/h6-7H,3-5H2,1-2H3. The average Bonchev–Trinajstić information content (AvgIpc) is 2.34. The van der Waals surface area contributed by atoms with E-state index in [1.54, 1.807) is 4.90 Å². The minimum absolute atomic E-state index is 0.560. The summed E-state index contributed by atoms with van der Waals surface area (Å²) in [4.78, 5) is 14.3. The number of carbonyl (C=O) groups is 1. The fourth-order valence-corrected chi connectivity index (χ4v) is 1.14. The van der Waals surface area contributed by atoms with E-state index in [1.807, 2.05) is 0 Å². The smallest absolute Gasteiger partial charge is 0.210 e. The van der Waals surface area contributed by atoms with Crippen LogP contribution in [0.5, 0.6) is 0 Å². The van der Waals surface area contributed by atoms with Crippen LogP contribution in [0.2, 0.25) is 0 Å². The predicted octanol–water partition coefficient (Wildman–Crippen LogP) is 0.126. The van der Waals surface area contributed by atoms with Gasteiger partial charge < -0.3 is 4.90 Å². The van der Waals surface area contributed by atoms with Crippen molar-refractivity contribution < 1.29 is 4.79 Å². The van der Waals surface area contributed by atoms with Crippen molar-refractivity contribution in [2.45, 2.75) is 19.9 Å². The molecule has 58 valence electrons. The van der Waals surface area contributed by atoms with Crippen LogP contribution in [-0.4, -0.2) is 42.0 Å². The quantitative estimate of drug-likeness (QED) is 0.511. The van der Waals surface area contributed by atoms with Crippen LogP contribution >= 0.6 is 0 Å². The van der Waals surface area contributed by atoms with Crippen molar-refractivity contribution in [2.24, 2.45) is 0 Å². The molecule has 10 heavy (non-hydrogen) atoms. The Kier molecular flexibility index (Phi) is 2.27. The lowest BCUT2D eigenvalue weighted by molar-refractivity contribution is -0.117. The van der Waals surface area contributed by atoms with E-state index in [2.05, 4.69) is 18.7 Å². The molecule has 0 aromatic rings. The van der Waals surface area contributed by atoms with Gasteiger partial charge in [-0.25, -0.2) is 0 Å². The summed E-state index contributed by atoms with van der Waals surface area (Å²) in [7, 11) is 0. The molecule has 0 saturated carbocycles. The summed E-state index contributed by atoms with van der Waals surface area (Å²) in [5, 5.41) is 0. The molecule has 0 aliphatic carbocycles. The van der Waals surface area contributed by atoms with Gasteiger partial charge in [0.15, 0.2) is 0 Å². The molecule has 3 nitrogen and oxygen atoms in total. The van der Waals surface area contributed by atoms with Crippen LogP contribution in [0, 0.1) is 0 Å². The number of carbonyl (C=O) groups excluding carboxylic acids is 1. The van der Waals surface area contributed by atoms with Crippen LogP contribution in [0.3, 0.4) is 0 Å². The largest absolute Gasteiger partial charge is 0.331 e. The Labute approximate surface area is 61.6 Å². The van der Waals surface area contributed by atoms with E-state index in [1.165, 1.54) is 0 Å². The lowest BCUT2D eigenvalue weighted by atomic mass is 10.3. The van der Waals surface area contributed by atoms with Crippen LogP contribution in [0.25, 0.3) is 0 Å². The number of hydrogen-bond acceptors (Lipinski definition) is 2. The molecule has 1 aliphatic heterocycles. The van der Waals surface area contributed by atoms with Crippen LogP contribution in [-0.2, 0) is 4.79 Å². The SMILES string of the molecule is CC(C)N1CCN(C=O)C1. The summed E-state index contributed by atoms with van der Waals surface area (Å²) in [6.07, 6.45) is 0.919. The van der Waals surface area contributed by atoms with Crippen LogP contribution in [0.4, 0.5) is 0 Å².